The van der Waals surface area contributed by atoms with Gasteiger partial charge in [-0.25, -0.2) is 0 Å². The second-order valence-electron chi connectivity index (χ2n) is 7.66. The van der Waals surface area contributed by atoms with Gasteiger partial charge in [-0.05, 0) is 30.3 Å². The average molecular weight is 405 g/mol. The van der Waals surface area contributed by atoms with Crippen LogP contribution in [-0.2, 0) is 11.3 Å². The first-order valence-electron chi connectivity index (χ1n) is 9.43. The Labute approximate surface area is 173 Å². The Bertz CT molecular complexity index is 772. The number of methoxy groups -OCH3 is 1. The van der Waals surface area contributed by atoms with E-state index in [4.69, 9.17) is 9.47 Å². The lowest BCUT2D eigenvalue weighted by Gasteiger charge is -2.40. The van der Waals surface area contributed by atoms with Crippen LogP contribution in [0, 0.1) is 0 Å². The highest BCUT2D eigenvalue weighted by Crippen LogP contribution is 2.23. The van der Waals surface area contributed by atoms with Crippen LogP contribution in [0.2, 0.25) is 0 Å². The summed E-state index contributed by atoms with van der Waals surface area (Å²) in [5, 5.41) is 2.95. The first-order valence-corrected chi connectivity index (χ1v) is 9.43. The molecule has 0 radical (unpaired) electrons. The Morgan fingerprint density at radius 3 is 2.46 bits per heavy atom. The van der Waals surface area contributed by atoms with Crippen molar-refractivity contribution in [2.24, 2.45) is 0 Å². The molecule has 0 atom stereocenters. The molecule has 1 saturated heterocycles. The molecule has 2 aromatic rings. The van der Waals surface area contributed by atoms with Crippen molar-refractivity contribution in [1.82, 2.24) is 0 Å². The molecule has 0 saturated carbocycles. The number of ether oxygens (including phenoxy) is 2. The summed E-state index contributed by atoms with van der Waals surface area (Å²) in [7, 11) is 6.17. The van der Waals surface area contributed by atoms with E-state index in [0.717, 1.165) is 42.8 Å². The van der Waals surface area contributed by atoms with Crippen LogP contribution in [0.5, 0.6) is 5.75 Å². The van der Waals surface area contributed by atoms with Gasteiger partial charge in [0.25, 0.3) is 5.91 Å². The zero-order valence-electron chi connectivity index (χ0n) is 16.8. The number of hydrogen-bond acceptors (Lipinski definition) is 3. The number of hydrogen-bond donors (Lipinski definition) is 1. The number of amides is 1. The number of nitrogens with one attached hydrogen (secondary N) is 1. The summed E-state index contributed by atoms with van der Waals surface area (Å²) in [6.45, 7) is 2.69. The molecular formula is C22H29ClN2O3. The van der Waals surface area contributed by atoms with Gasteiger partial charge < -0.3 is 31.7 Å². The number of nitrogens with zero attached hydrogens (tertiary/aromatic N) is 1. The van der Waals surface area contributed by atoms with Gasteiger partial charge in [0.15, 0.2) is 0 Å². The Balaban J connectivity index is 0.00000280. The maximum atomic E-state index is 12.4. The first kappa shape index (κ1) is 22.2. The molecule has 1 fully saturated rings. The number of anilines is 1. The molecule has 1 heterocycles. The molecule has 5 nitrogen and oxygen atoms in total. The van der Waals surface area contributed by atoms with Crippen molar-refractivity contribution in [3.63, 3.8) is 0 Å². The lowest BCUT2D eigenvalue weighted by Crippen LogP contribution is -3.00. The number of benzene rings is 2. The maximum absolute atomic E-state index is 12.4. The fourth-order valence-corrected chi connectivity index (χ4v) is 3.64. The molecule has 6 heteroatoms. The van der Waals surface area contributed by atoms with Crippen LogP contribution in [0.25, 0.3) is 0 Å². The van der Waals surface area contributed by atoms with Gasteiger partial charge in [-0.2, -0.15) is 0 Å². The third-order valence-corrected chi connectivity index (χ3v) is 5.31. The predicted octanol–water partition coefficient (Wildman–Crippen LogP) is 0.707. The van der Waals surface area contributed by atoms with Crippen molar-refractivity contribution in [3.05, 3.63) is 59.7 Å². The van der Waals surface area contributed by atoms with Crippen LogP contribution in [0.4, 0.5) is 5.69 Å². The lowest BCUT2D eigenvalue weighted by molar-refractivity contribution is -0.929. The molecule has 3 rings (SSSR count). The summed E-state index contributed by atoms with van der Waals surface area (Å²) in [5.41, 5.74) is 2.64. The van der Waals surface area contributed by atoms with Gasteiger partial charge in [0.05, 0.1) is 40.5 Å². The minimum atomic E-state index is -0.139. The smallest absolute Gasteiger partial charge is 0.255 e. The van der Waals surface area contributed by atoms with E-state index in [0.29, 0.717) is 17.4 Å². The molecule has 0 unspecified atom stereocenters. The summed E-state index contributed by atoms with van der Waals surface area (Å²) >= 11 is 0. The first-order chi connectivity index (χ1) is 13.0. The van der Waals surface area contributed by atoms with Crippen molar-refractivity contribution in [2.45, 2.75) is 25.4 Å². The van der Waals surface area contributed by atoms with Gasteiger partial charge in [0.2, 0.25) is 0 Å². The van der Waals surface area contributed by atoms with Gasteiger partial charge in [-0.15, -0.1) is 0 Å². The fraction of sp³-hybridized carbons (Fsp3) is 0.409. The van der Waals surface area contributed by atoms with Crippen molar-refractivity contribution in [1.29, 1.82) is 0 Å². The van der Waals surface area contributed by atoms with E-state index in [1.165, 1.54) is 5.56 Å². The normalized spacial score (nSPS) is 14.8. The molecule has 0 aliphatic carbocycles. The summed E-state index contributed by atoms with van der Waals surface area (Å²) in [6.07, 6.45) is 2.23. The molecule has 0 aromatic heterocycles. The molecule has 1 amide bonds. The number of quaternary nitrogens is 1. The summed E-state index contributed by atoms with van der Waals surface area (Å²) in [5.74, 6) is 0.533. The second kappa shape index (κ2) is 9.92. The summed E-state index contributed by atoms with van der Waals surface area (Å²) < 4.78 is 11.6. The number of rotatable bonds is 6. The molecule has 0 bridgehead atoms. The van der Waals surface area contributed by atoms with Gasteiger partial charge in [0, 0.05) is 29.7 Å². The van der Waals surface area contributed by atoms with E-state index < -0.39 is 0 Å². The topological polar surface area (TPSA) is 47.6 Å². The number of carbonyl (C=O) groups is 1. The highest BCUT2D eigenvalue weighted by Gasteiger charge is 2.30. The molecule has 152 valence electrons. The lowest BCUT2D eigenvalue weighted by atomic mass is 10.0. The predicted molar refractivity (Wildman–Crippen MR) is 107 cm³/mol. The molecule has 2 aromatic carbocycles. The third-order valence-electron chi connectivity index (χ3n) is 5.31. The molecule has 1 aliphatic rings. The van der Waals surface area contributed by atoms with Crippen LogP contribution in [0.1, 0.15) is 28.8 Å². The van der Waals surface area contributed by atoms with E-state index in [2.05, 4.69) is 31.5 Å². The van der Waals surface area contributed by atoms with E-state index in [1.54, 1.807) is 19.2 Å². The monoisotopic (exact) mass is 404 g/mol. The van der Waals surface area contributed by atoms with Crippen LogP contribution < -0.4 is 22.5 Å². The Morgan fingerprint density at radius 1 is 1.14 bits per heavy atom. The summed E-state index contributed by atoms with van der Waals surface area (Å²) in [6, 6.07) is 15.9. The van der Waals surface area contributed by atoms with Gasteiger partial charge >= 0.3 is 0 Å². The van der Waals surface area contributed by atoms with E-state index in [-0.39, 0.29) is 18.3 Å². The number of carbonyl (C=O) groups excluding carboxylic acids is 1. The largest absolute Gasteiger partial charge is 1.00 e. The minimum absolute atomic E-state index is 0. The van der Waals surface area contributed by atoms with E-state index in [9.17, 15) is 4.79 Å². The van der Waals surface area contributed by atoms with Crippen LogP contribution >= 0.6 is 0 Å². The third kappa shape index (κ3) is 5.71. The maximum Gasteiger partial charge on any atom is 0.255 e. The van der Waals surface area contributed by atoms with E-state index in [1.807, 2.05) is 24.3 Å². The second-order valence-corrected chi connectivity index (χ2v) is 7.66. The minimum Gasteiger partial charge on any atom is -1.00 e. The van der Waals surface area contributed by atoms with Crippen molar-refractivity contribution < 1.29 is 31.2 Å². The molecule has 0 spiro atoms. The Kier molecular flexibility index (Phi) is 7.87. The van der Waals surface area contributed by atoms with Crippen molar-refractivity contribution in [3.8, 4) is 5.75 Å². The standard InChI is InChI=1S/C22H28N2O3.ClH/c1-24(2,20-11-13-27-14-12-20)16-17-7-9-19(10-8-17)23-22(25)18-5-4-6-21(15-18)26-3;/h4-10,15,20H,11-14,16H2,1-3H3;1H. The van der Waals surface area contributed by atoms with E-state index >= 15 is 0 Å². The molecule has 1 N–H and O–H groups in total. The fourth-order valence-electron chi connectivity index (χ4n) is 3.64. The quantitative estimate of drug-likeness (QED) is 0.721. The van der Waals surface area contributed by atoms with Gasteiger partial charge in [-0.1, -0.05) is 18.2 Å². The van der Waals surface area contributed by atoms with Gasteiger partial charge in [0.1, 0.15) is 12.3 Å². The van der Waals surface area contributed by atoms with Crippen LogP contribution in [0.15, 0.2) is 48.5 Å². The van der Waals surface area contributed by atoms with Crippen LogP contribution in [0.3, 0.4) is 0 Å². The number of halogens is 1. The van der Waals surface area contributed by atoms with Gasteiger partial charge in [-0.3, -0.25) is 4.79 Å². The summed E-state index contributed by atoms with van der Waals surface area (Å²) in [4.78, 5) is 12.4. The highest BCUT2D eigenvalue weighted by atomic mass is 35.5. The van der Waals surface area contributed by atoms with Crippen molar-refractivity contribution >= 4 is 11.6 Å². The van der Waals surface area contributed by atoms with Crippen molar-refractivity contribution in [2.75, 3.05) is 39.7 Å². The average Bonchev–Trinajstić information content (AvgIpc) is 2.70. The zero-order chi connectivity index (χ0) is 19.3. The highest BCUT2D eigenvalue weighted by molar-refractivity contribution is 6.04. The SMILES string of the molecule is COc1cccc(C(=O)Nc2ccc(C[N+](C)(C)C3CCOCC3)cc2)c1.[Cl-]. The molecule has 1 aliphatic heterocycles. The molecule has 28 heavy (non-hydrogen) atoms. The zero-order valence-corrected chi connectivity index (χ0v) is 17.5. The Hall–Kier alpha value is -2.08. The molecular weight excluding hydrogens is 376 g/mol. The Morgan fingerprint density at radius 2 is 1.82 bits per heavy atom. The van der Waals surface area contributed by atoms with Crippen LogP contribution in [-0.4, -0.2) is 50.9 Å².